The minimum Gasteiger partial charge on any atom is -0.495 e. The molecule has 31 heavy (non-hydrogen) atoms. The maximum Gasteiger partial charge on any atom is 0.416 e. The molecule has 0 bridgehead atoms. The topological polar surface area (TPSA) is 86.1 Å². The second-order valence-electron chi connectivity index (χ2n) is 6.58. The van der Waals surface area contributed by atoms with Crippen LogP contribution in [-0.2, 0) is 17.5 Å². The molecule has 7 nitrogen and oxygen atoms in total. The monoisotopic (exact) mass is 432 g/mol. The molecule has 2 aromatic heterocycles. The number of methoxy groups -OCH3 is 1. The Morgan fingerprint density at radius 2 is 1.87 bits per heavy atom. The summed E-state index contributed by atoms with van der Waals surface area (Å²) in [6, 6.07) is 9.34. The van der Waals surface area contributed by atoms with Gasteiger partial charge in [-0.2, -0.15) is 18.3 Å². The van der Waals surface area contributed by atoms with Crippen molar-refractivity contribution < 1.29 is 22.7 Å². The molecule has 3 rings (SSSR count). The zero-order chi connectivity index (χ0) is 22.4. The van der Waals surface area contributed by atoms with Gasteiger partial charge in [-0.05, 0) is 42.8 Å². The molecule has 1 amide bonds. The number of carbonyl (C=O) groups excluding carboxylic acids is 1. The Kier molecular flexibility index (Phi) is 6.68. The number of hydrogen-bond donors (Lipinski definition) is 1. The van der Waals surface area contributed by atoms with Crippen molar-refractivity contribution in [2.24, 2.45) is 0 Å². The Hall–Kier alpha value is -3.69. The molecule has 10 heteroatoms. The zero-order valence-electron chi connectivity index (χ0n) is 16.5. The lowest BCUT2D eigenvalue weighted by Crippen LogP contribution is -2.23. The molecule has 0 radical (unpaired) electrons. The molecule has 3 aromatic rings. The van der Waals surface area contributed by atoms with Crippen LogP contribution in [0.15, 0.2) is 59.7 Å². The van der Waals surface area contributed by atoms with E-state index in [9.17, 15) is 22.8 Å². The van der Waals surface area contributed by atoms with Gasteiger partial charge in [-0.3, -0.25) is 14.6 Å². The highest BCUT2D eigenvalue weighted by atomic mass is 19.4. The molecule has 0 spiro atoms. The Balaban J connectivity index is 1.64. The SMILES string of the molecule is COc1ccc(C(F)(F)F)cc1NC(=O)CCCn1nc(-c2ccncc2)ccc1=O. The predicted molar refractivity (Wildman–Crippen MR) is 108 cm³/mol. The smallest absolute Gasteiger partial charge is 0.416 e. The van der Waals surface area contributed by atoms with Crippen LogP contribution in [0.5, 0.6) is 5.75 Å². The molecular formula is C21H19F3N4O3. The summed E-state index contributed by atoms with van der Waals surface area (Å²) < 4.78 is 45.0. The third-order valence-electron chi connectivity index (χ3n) is 4.42. The summed E-state index contributed by atoms with van der Waals surface area (Å²) in [7, 11) is 1.30. The van der Waals surface area contributed by atoms with Crippen molar-refractivity contribution in [1.82, 2.24) is 14.8 Å². The highest BCUT2D eigenvalue weighted by molar-refractivity contribution is 5.92. The lowest BCUT2D eigenvalue weighted by atomic mass is 10.1. The van der Waals surface area contributed by atoms with Crippen LogP contribution in [0.2, 0.25) is 0 Å². The van der Waals surface area contributed by atoms with Crippen LogP contribution in [0.3, 0.4) is 0 Å². The summed E-state index contributed by atoms with van der Waals surface area (Å²) >= 11 is 0. The molecule has 1 aromatic carbocycles. The summed E-state index contributed by atoms with van der Waals surface area (Å²) in [6.45, 7) is 0.172. The van der Waals surface area contributed by atoms with Crippen molar-refractivity contribution in [3.63, 3.8) is 0 Å². The highest BCUT2D eigenvalue weighted by Crippen LogP contribution is 2.35. The molecule has 2 heterocycles. The number of carbonyl (C=O) groups is 1. The molecule has 0 saturated heterocycles. The van der Waals surface area contributed by atoms with Crippen LogP contribution in [0.25, 0.3) is 11.3 Å². The summed E-state index contributed by atoms with van der Waals surface area (Å²) in [6.07, 6.45) is -1.08. The first-order valence-corrected chi connectivity index (χ1v) is 9.31. The third-order valence-corrected chi connectivity index (χ3v) is 4.42. The first kappa shape index (κ1) is 22.0. The Bertz CT molecular complexity index is 1110. The first-order chi connectivity index (χ1) is 14.8. The van der Waals surface area contributed by atoms with E-state index in [0.717, 1.165) is 23.8 Å². The molecular weight excluding hydrogens is 413 g/mol. The lowest BCUT2D eigenvalue weighted by Gasteiger charge is -2.14. The van der Waals surface area contributed by atoms with Crippen molar-refractivity contribution in [3.05, 3.63) is 70.8 Å². The number of hydrogen-bond acceptors (Lipinski definition) is 5. The van der Waals surface area contributed by atoms with Crippen molar-refractivity contribution >= 4 is 11.6 Å². The summed E-state index contributed by atoms with van der Waals surface area (Å²) in [4.78, 5) is 28.2. The van der Waals surface area contributed by atoms with Crippen LogP contribution in [0.4, 0.5) is 18.9 Å². The minimum absolute atomic E-state index is 0.0208. The van der Waals surface area contributed by atoms with Crippen LogP contribution < -0.4 is 15.6 Å². The largest absolute Gasteiger partial charge is 0.495 e. The van der Waals surface area contributed by atoms with E-state index < -0.39 is 17.6 Å². The maximum absolute atomic E-state index is 12.9. The zero-order valence-corrected chi connectivity index (χ0v) is 16.5. The Morgan fingerprint density at radius 1 is 1.13 bits per heavy atom. The van der Waals surface area contributed by atoms with Crippen LogP contribution >= 0.6 is 0 Å². The summed E-state index contributed by atoms with van der Waals surface area (Å²) in [5.74, 6) is -0.389. The fourth-order valence-corrected chi connectivity index (χ4v) is 2.87. The number of nitrogens with zero attached hydrogens (tertiary/aromatic N) is 3. The van der Waals surface area contributed by atoms with Crippen LogP contribution in [0.1, 0.15) is 18.4 Å². The highest BCUT2D eigenvalue weighted by Gasteiger charge is 2.31. The average Bonchev–Trinajstić information content (AvgIpc) is 2.75. The second kappa shape index (κ2) is 9.41. The standard InChI is InChI=1S/C21H19F3N4O3/c1-31-18-6-4-15(21(22,23)24)13-17(18)26-19(29)3-2-12-28-20(30)7-5-16(27-28)14-8-10-25-11-9-14/h4-11,13H,2-3,12H2,1H3,(H,26,29). The Labute approximate surface area is 175 Å². The minimum atomic E-state index is -4.54. The molecule has 0 fully saturated rings. The number of alkyl halides is 3. The summed E-state index contributed by atoms with van der Waals surface area (Å²) in [5, 5.41) is 6.72. The van der Waals surface area contributed by atoms with Crippen molar-refractivity contribution in [2.45, 2.75) is 25.6 Å². The molecule has 1 N–H and O–H groups in total. The van der Waals surface area contributed by atoms with E-state index >= 15 is 0 Å². The number of anilines is 1. The van der Waals surface area contributed by atoms with Gasteiger partial charge in [0, 0.05) is 37.0 Å². The molecule has 0 aliphatic rings. The van der Waals surface area contributed by atoms with E-state index in [2.05, 4.69) is 15.4 Å². The number of aromatic nitrogens is 3. The fourth-order valence-electron chi connectivity index (χ4n) is 2.87. The number of ether oxygens (including phenoxy) is 1. The van der Waals surface area contributed by atoms with Crippen LogP contribution in [-0.4, -0.2) is 27.8 Å². The fraction of sp³-hybridized carbons (Fsp3) is 0.238. The second-order valence-corrected chi connectivity index (χ2v) is 6.58. The van der Waals surface area contributed by atoms with E-state index in [0.29, 0.717) is 5.69 Å². The van der Waals surface area contributed by atoms with Gasteiger partial charge in [0.25, 0.3) is 5.56 Å². The van der Waals surface area contributed by atoms with Crippen molar-refractivity contribution in [1.29, 1.82) is 0 Å². The van der Waals surface area contributed by atoms with Gasteiger partial charge < -0.3 is 10.1 Å². The number of aryl methyl sites for hydroxylation is 1. The summed E-state index contributed by atoms with van der Waals surface area (Å²) in [5.41, 5.74) is 0.0839. The van der Waals surface area contributed by atoms with Gasteiger partial charge in [-0.15, -0.1) is 0 Å². The predicted octanol–water partition coefficient (Wildman–Crippen LogP) is 3.75. The number of nitrogens with one attached hydrogen (secondary N) is 1. The number of rotatable bonds is 7. The number of halogens is 3. The van der Waals surface area contributed by atoms with Gasteiger partial charge in [0.1, 0.15) is 5.75 Å². The number of pyridine rings is 1. The van der Waals surface area contributed by atoms with E-state index in [1.165, 1.54) is 17.9 Å². The molecule has 0 aliphatic carbocycles. The van der Waals surface area contributed by atoms with Gasteiger partial charge in [-0.25, -0.2) is 4.68 Å². The number of amides is 1. The van der Waals surface area contributed by atoms with Gasteiger partial charge in [0.05, 0.1) is 24.1 Å². The van der Waals surface area contributed by atoms with E-state index in [1.54, 1.807) is 30.6 Å². The molecule has 162 valence electrons. The van der Waals surface area contributed by atoms with Crippen LogP contribution in [0, 0.1) is 0 Å². The van der Waals surface area contributed by atoms with Gasteiger partial charge >= 0.3 is 6.18 Å². The van der Waals surface area contributed by atoms with E-state index in [-0.39, 0.29) is 36.4 Å². The van der Waals surface area contributed by atoms with Gasteiger partial charge in [0.2, 0.25) is 5.91 Å². The molecule has 0 atom stereocenters. The van der Waals surface area contributed by atoms with Gasteiger partial charge in [0.15, 0.2) is 0 Å². The lowest BCUT2D eigenvalue weighted by molar-refractivity contribution is -0.137. The quantitative estimate of drug-likeness (QED) is 0.615. The third kappa shape index (κ3) is 5.68. The van der Waals surface area contributed by atoms with Crippen molar-refractivity contribution in [3.8, 4) is 17.0 Å². The molecule has 0 saturated carbocycles. The molecule has 0 unspecified atom stereocenters. The van der Waals surface area contributed by atoms with E-state index in [4.69, 9.17) is 4.74 Å². The van der Waals surface area contributed by atoms with E-state index in [1.807, 2.05) is 0 Å². The maximum atomic E-state index is 12.9. The van der Waals surface area contributed by atoms with Crippen molar-refractivity contribution in [2.75, 3.05) is 12.4 Å². The van der Waals surface area contributed by atoms with Gasteiger partial charge in [-0.1, -0.05) is 0 Å². The average molecular weight is 432 g/mol. The normalized spacial score (nSPS) is 11.2. The molecule has 0 aliphatic heterocycles. The number of benzene rings is 1. The Morgan fingerprint density at radius 3 is 2.55 bits per heavy atom. The first-order valence-electron chi connectivity index (χ1n) is 9.31.